The summed E-state index contributed by atoms with van der Waals surface area (Å²) in [6.45, 7) is 2.03. The summed E-state index contributed by atoms with van der Waals surface area (Å²) < 4.78 is 0. The Kier molecular flexibility index (Phi) is 4.68. The number of nitrogens with one attached hydrogen (secondary N) is 1. The number of aryl methyl sites for hydroxylation is 1. The molecule has 3 N–H and O–H groups in total. The van der Waals surface area contributed by atoms with Crippen molar-refractivity contribution < 1.29 is 0 Å². The van der Waals surface area contributed by atoms with E-state index in [1.165, 1.54) is 11.9 Å². The van der Waals surface area contributed by atoms with E-state index in [2.05, 4.69) is 10.4 Å². The number of nitrogens with zero attached hydrogens (tertiary/aromatic N) is 2. The summed E-state index contributed by atoms with van der Waals surface area (Å²) in [6, 6.07) is 17.7. The number of anilines is 2. The molecule has 0 heterocycles. The van der Waals surface area contributed by atoms with Crippen molar-refractivity contribution in [3.8, 4) is 0 Å². The molecule has 0 aliphatic heterocycles. The lowest BCUT2D eigenvalue weighted by Crippen LogP contribution is -2.33. The van der Waals surface area contributed by atoms with Gasteiger partial charge in [-0.25, -0.2) is 0 Å². The topological polar surface area (TPSA) is 53.6 Å². The van der Waals surface area contributed by atoms with E-state index in [-0.39, 0.29) is 0 Å². The van der Waals surface area contributed by atoms with Crippen molar-refractivity contribution >= 4 is 35.0 Å². The summed E-state index contributed by atoms with van der Waals surface area (Å²) in [5.74, 6) is 5.27. The normalized spacial score (nSPS) is 10.4. The number of hydrogen-bond acceptors (Lipinski definition) is 3. The first-order valence-corrected chi connectivity index (χ1v) is 6.57. The van der Waals surface area contributed by atoms with Gasteiger partial charge in [0.05, 0.1) is 0 Å². The molecule has 0 aliphatic rings. The van der Waals surface area contributed by atoms with Crippen LogP contribution in [0.2, 0.25) is 0 Å². The van der Waals surface area contributed by atoms with Crippen LogP contribution >= 0.6 is 12.2 Å². The highest BCUT2D eigenvalue weighted by molar-refractivity contribution is 7.80. The highest BCUT2D eigenvalue weighted by Crippen LogP contribution is 2.16. The molecular weight excluding hydrogens is 268 g/mol. The van der Waals surface area contributed by atoms with Crippen molar-refractivity contribution in [3.05, 3.63) is 60.2 Å². The summed E-state index contributed by atoms with van der Waals surface area (Å²) in [5.41, 5.74) is 3.00. The van der Waals surface area contributed by atoms with Gasteiger partial charge < -0.3 is 11.2 Å². The van der Waals surface area contributed by atoms with Crippen molar-refractivity contribution in [2.24, 2.45) is 10.9 Å². The Morgan fingerprint density at radius 3 is 2.40 bits per heavy atom. The molecule has 0 aromatic heterocycles. The predicted octanol–water partition coefficient (Wildman–Crippen LogP) is 3.10. The van der Waals surface area contributed by atoms with E-state index in [1.54, 1.807) is 4.90 Å². The Balaban J connectivity index is 2.20. The largest absolute Gasteiger partial charge is 0.332 e. The summed E-state index contributed by atoms with van der Waals surface area (Å²) in [5, 5.41) is 7.23. The molecule has 2 rings (SSSR count). The van der Waals surface area contributed by atoms with E-state index >= 15 is 0 Å². The molecule has 0 saturated heterocycles. The number of rotatable bonds is 3. The molecule has 0 saturated carbocycles. The van der Waals surface area contributed by atoms with Gasteiger partial charge in [-0.1, -0.05) is 35.9 Å². The third-order valence-corrected chi connectivity index (χ3v) is 3.04. The third kappa shape index (κ3) is 3.55. The summed E-state index contributed by atoms with van der Waals surface area (Å²) in [7, 11) is 0. The molecule has 5 heteroatoms. The lowest BCUT2D eigenvalue weighted by molar-refractivity contribution is 1.24. The lowest BCUT2D eigenvalue weighted by atomic mass is 10.2. The summed E-state index contributed by atoms with van der Waals surface area (Å²) in [6.07, 6.45) is 1.49. The second-order valence-corrected chi connectivity index (χ2v) is 4.65. The lowest BCUT2D eigenvalue weighted by Gasteiger charge is -2.21. The molecule has 0 fully saturated rings. The predicted molar refractivity (Wildman–Crippen MR) is 89.0 cm³/mol. The van der Waals surface area contributed by atoms with Gasteiger partial charge in [0.2, 0.25) is 0 Å². The fraction of sp³-hybridized carbons (Fsp3) is 0.0667. The zero-order chi connectivity index (χ0) is 14.4. The molecule has 2 aromatic rings. The maximum Gasteiger partial charge on any atom is 0.183 e. The second kappa shape index (κ2) is 6.68. The van der Waals surface area contributed by atoms with Crippen molar-refractivity contribution in [1.82, 2.24) is 0 Å². The Morgan fingerprint density at radius 1 is 1.15 bits per heavy atom. The maximum absolute atomic E-state index is 5.41. The standard InChI is InChI=1S/C15H16N4S/c1-12-7-9-14(10-8-12)19(11-17-16)15(20)18-13-5-3-2-4-6-13/h2-11H,16H2,1H3,(H,18,20). The number of benzene rings is 2. The molecule has 0 bridgehead atoms. The minimum Gasteiger partial charge on any atom is -0.332 e. The van der Waals surface area contributed by atoms with E-state index in [4.69, 9.17) is 18.1 Å². The molecule has 4 nitrogen and oxygen atoms in total. The number of para-hydroxylation sites is 1. The van der Waals surface area contributed by atoms with E-state index < -0.39 is 0 Å². The molecular formula is C15H16N4S. The molecule has 20 heavy (non-hydrogen) atoms. The van der Waals surface area contributed by atoms with Gasteiger partial charge in [0.15, 0.2) is 5.11 Å². The van der Waals surface area contributed by atoms with Crippen LogP contribution in [0.5, 0.6) is 0 Å². The summed E-state index contributed by atoms with van der Waals surface area (Å²) >= 11 is 5.41. The first-order chi connectivity index (χ1) is 9.70. The van der Waals surface area contributed by atoms with Gasteiger partial charge in [0, 0.05) is 11.4 Å². The van der Waals surface area contributed by atoms with Crippen LogP contribution in [-0.2, 0) is 0 Å². The summed E-state index contributed by atoms with van der Waals surface area (Å²) in [4.78, 5) is 1.72. The number of hydrazone groups is 1. The van der Waals surface area contributed by atoms with Gasteiger partial charge in [0.1, 0.15) is 6.34 Å². The number of hydrogen-bond donors (Lipinski definition) is 2. The van der Waals surface area contributed by atoms with E-state index in [9.17, 15) is 0 Å². The van der Waals surface area contributed by atoms with Crippen LogP contribution in [0.1, 0.15) is 5.56 Å². The second-order valence-electron chi connectivity index (χ2n) is 4.27. The zero-order valence-electron chi connectivity index (χ0n) is 11.2. The molecule has 0 unspecified atom stereocenters. The van der Waals surface area contributed by atoms with Gasteiger partial charge >= 0.3 is 0 Å². The molecule has 0 amide bonds. The molecule has 0 spiro atoms. The Hall–Kier alpha value is -2.40. The van der Waals surface area contributed by atoms with Crippen LogP contribution in [0.25, 0.3) is 0 Å². The van der Waals surface area contributed by atoms with Crippen LogP contribution < -0.4 is 16.1 Å². The van der Waals surface area contributed by atoms with Crippen molar-refractivity contribution in [1.29, 1.82) is 0 Å². The van der Waals surface area contributed by atoms with Crippen molar-refractivity contribution in [2.45, 2.75) is 6.92 Å². The van der Waals surface area contributed by atoms with Gasteiger partial charge in [-0.3, -0.25) is 4.90 Å². The van der Waals surface area contributed by atoms with Crippen molar-refractivity contribution in [2.75, 3.05) is 10.2 Å². The zero-order valence-corrected chi connectivity index (χ0v) is 12.0. The molecule has 0 atom stereocenters. The monoisotopic (exact) mass is 284 g/mol. The highest BCUT2D eigenvalue weighted by Gasteiger charge is 2.10. The smallest absolute Gasteiger partial charge is 0.183 e. The minimum absolute atomic E-state index is 0.509. The minimum atomic E-state index is 0.509. The van der Waals surface area contributed by atoms with Crippen LogP contribution in [-0.4, -0.2) is 11.5 Å². The van der Waals surface area contributed by atoms with E-state index in [1.807, 2.05) is 61.5 Å². The van der Waals surface area contributed by atoms with Crippen LogP contribution in [0.15, 0.2) is 59.7 Å². The fourth-order valence-corrected chi connectivity index (χ4v) is 1.98. The number of thiocarbonyl (C=S) groups is 1. The van der Waals surface area contributed by atoms with E-state index in [0.717, 1.165) is 11.4 Å². The Morgan fingerprint density at radius 2 is 1.80 bits per heavy atom. The first-order valence-electron chi connectivity index (χ1n) is 6.16. The SMILES string of the molecule is Cc1ccc(N(C=NN)C(=S)Nc2ccccc2)cc1. The van der Waals surface area contributed by atoms with Gasteiger partial charge in [-0.2, -0.15) is 5.10 Å². The molecule has 0 radical (unpaired) electrons. The Bertz CT molecular complexity index is 593. The van der Waals surface area contributed by atoms with Crippen molar-refractivity contribution in [3.63, 3.8) is 0 Å². The van der Waals surface area contributed by atoms with Gasteiger partial charge in [-0.05, 0) is 43.4 Å². The van der Waals surface area contributed by atoms with Crippen LogP contribution in [0.4, 0.5) is 11.4 Å². The Labute approximate surface area is 123 Å². The van der Waals surface area contributed by atoms with Crippen LogP contribution in [0, 0.1) is 6.92 Å². The van der Waals surface area contributed by atoms with Crippen LogP contribution in [0.3, 0.4) is 0 Å². The quantitative estimate of drug-likeness (QED) is 0.299. The average Bonchev–Trinajstić information content (AvgIpc) is 2.47. The molecule has 2 aromatic carbocycles. The van der Waals surface area contributed by atoms with Gasteiger partial charge in [-0.15, -0.1) is 0 Å². The first kappa shape index (κ1) is 14.0. The third-order valence-electron chi connectivity index (χ3n) is 2.74. The maximum atomic E-state index is 5.41. The highest BCUT2D eigenvalue weighted by atomic mass is 32.1. The molecule has 102 valence electrons. The van der Waals surface area contributed by atoms with E-state index in [0.29, 0.717) is 5.11 Å². The molecule has 0 aliphatic carbocycles. The van der Waals surface area contributed by atoms with Gasteiger partial charge in [0.25, 0.3) is 0 Å². The average molecular weight is 284 g/mol. The fourth-order valence-electron chi connectivity index (χ4n) is 1.71. The number of nitrogens with two attached hydrogens (primary N) is 1.